The number of hydrogen-bond donors (Lipinski definition) is 3. The van der Waals surface area contributed by atoms with Crippen LogP contribution >= 0.6 is 0 Å². The van der Waals surface area contributed by atoms with E-state index in [-0.39, 0.29) is 12.4 Å². The second kappa shape index (κ2) is 6.50. The molecular formula is C11H16FNO2. The number of nitrogens with one attached hydrogen (secondary N) is 1. The van der Waals surface area contributed by atoms with Gasteiger partial charge in [-0.1, -0.05) is 18.2 Å². The van der Waals surface area contributed by atoms with Crippen molar-refractivity contribution in [3.8, 4) is 0 Å². The predicted octanol–water partition coefficient (Wildman–Crippen LogP) is 0.311. The zero-order chi connectivity index (χ0) is 11.1. The minimum atomic E-state index is -0.745. The molecule has 0 amide bonds. The van der Waals surface area contributed by atoms with Gasteiger partial charge in [0, 0.05) is 6.54 Å². The van der Waals surface area contributed by atoms with Crippen LogP contribution in [0.5, 0.6) is 0 Å². The highest BCUT2D eigenvalue weighted by Crippen LogP contribution is 2.05. The lowest BCUT2D eigenvalue weighted by molar-refractivity contribution is 0.0947. The number of aliphatic hydroxyl groups excluding tert-OH is 2. The van der Waals surface area contributed by atoms with Crippen LogP contribution in [0.4, 0.5) is 4.39 Å². The summed E-state index contributed by atoms with van der Waals surface area (Å²) < 4.78 is 13.1. The molecule has 1 rings (SSSR count). The lowest BCUT2D eigenvalue weighted by Gasteiger charge is -2.08. The van der Waals surface area contributed by atoms with Gasteiger partial charge >= 0.3 is 0 Å². The summed E-state index contributed by atoms with van der Waals surface area (Å²) >= 11 is 0. The van der Waals surface area contributed by atoms with E-state index in [9.17, 15) is 4.39 Å². The third-order valence-electron chi connectivity index (χ3n) is 2.12. The summed E-state index contributed by atoms with van der Waals surface area (Å²) in [6.07, 6.45) is -0.171. The lowest BCUT2D eigenvalue weighted by Crippen LogP contribution is -2.30. The molecule has 0 heterocycles. The van der Waals surface area contributed by atoms with Crippen molar-refractivity contribution >= 4 is 0 Å². The van der Waals surface area contributed by atoms with Crippen molar-refractivity contribution in [2.24, 2.45) is 0 Å². The van der Waals surface area contributed by atoms with E-state index < -0.39 is 6.10 Å². The van der Waals surface area contributed by atoms with E-state index in [4.69, 9.17) is 10.2 Å². The molecule has 1 aromatic rings. The monoisotopic (exact) mass is 213 g/mol. The molecule has 0 aromatic heterocycles. The van der Waals surface area contributed by atoms with Gasteiger partial charge in [-0.25, -0.2) is 4.39 Å². The Hall–Kier alpha value is -0.970. The molecule has 1 aromatic carbocycles. The van der Waals surface area contributed by atoms with Gasteiger partial charge in [-0.3, -0.25) is 0 Å². The van der Waals surface area contributed by atoms with Crippen LogP contribution in [0.15, 0.2) is 24.3 Å². The lowest BCUT2D eigenvalue weighted by atomic mass is 10.1. The van der Waals surface area contributed by atoms with Crippen LogP contribution in [0.25, 0.3) is 0 Å². The first-order chi connectivity index (χ1) is 7.24. The van der Waals surface area contributed by atoms with E-state index in [0.717, 1.165) is 0 Å². The van der Waals surface area contributed by atoms with Crippen LogP contribution in [0.3, 0.4) is 0 Å². The number of benzene rings is 1. The van der Waals surface area contributed by atoms with Gasteiger partial charge in [0.15, 0.2) is 0 Å². The van der Waals surface area contributed by atoms with Crippen molar-refractivity contribution in [1.82, 2.24) is 5.32 Å². The van der Waals surface area contributed by atoms with Crippen molar-refractivity contribution in [1.29, 1.82) is 0 Å². The average molecular weight is 213 g/mol. The molecule has 3 nitrogen and oxygen atoms in total. The summed E-state index contributed by atoms with van der Waals surface area (Å²) in [5.74, 6) is -0.206. The third kappa shape index (κ3) is 4.38. The first-order valence-electron chi connectivity index (χ1n) is 4.97. The molecule has 3 N–H and O–H groups in total. The number of aliphatic hydroxyl groups is 2. The highest BCUT2D eigenvalue weighted by atomic mass is 19.1. The Morgan fingerprint density at radius 1 is 1.33 bits per heavy atom. The summed E-state index contributed by atoms with van der Waals surface area (Å²) in [6.45, 7) is 0.648. The van der Waals surface area contributed by atoms with E-state index in [2.05, 4.69) is 5.32 Å². The molecule has 0 spiro atoms. The van der Waals surface area contributed by atoms with Crippen LogP contribution in [-0.4, -0.2) is 36.0 Å². The highest BCUT2D eigenvalue weighted by molar-refractivity contribution is 5.17. The Kier molecular flexibility index (Phi) is 5.25. The first kappa shape index (κ1) is 12.1. The molecule has 0 fully saturated rings. The van der Waals surface area contributed by atoms with Gasteiger partial charge in [0.05, 0.1) is 12.7 Å². The predicted molar refractivity (Wildman–Crippen MR) is 56.1 cm³/mol. The molecule has 0 aliphatic carbocycles. The molecule has 0 aliphatic heterocycles. The van der Waals surface area contributed by atoms with Gasteiger partial charge in [-0.2, -0.15) is 0 Å². The van der Waals surface area contributed by atoms with E-state index >= 15 is 0 Å². The van der Waals surface area contributed by atoms with Crippen LogP contribution < -0.4 is 5.32 Å². The topological polar surface area (TPSA) is 52.5 Å². The van der Waals surface area contributed by atoms with Gasteiger partial charge in [0.2, 0.25) is 0 Å². The Balaban J connectivity index is 2.23. The molecule has 15 heavy (non-hydrogen) atoms. The summed E-state index contributed by atoms with van der Waals surface area (Å²) in [5.41, 5.74) is 0.656. The van der Waals surface area contributed by atoms with E-state index in [1.807, 2.05) is 0 Å². The van der Waals surface area contributed by atoms with Gasteiger partial charge in [0.1, 0.15) is 5.82 Å². The van der Waals surface area contributed by atoms with Gasteiger partial charge in [-0.15, -0.1) is 0 Å². The van der Waals surface area contributed by atoms with Crippen LogP contribution in [0, 0.1) is 5.82 Å². The molecule has 0 radical (unpaired) electrons. The zero-order valence-corrected chi connectivity index (χ0v) is 8.49. The highest BCUT2D eigenvalue weighted by Gasteiger charge is 2.02. The SMILES string of the molecule is OC[C@@H](O)CNCCc1ccccc1F. The summed E-state index contributed by atoms with van der Waals surface area (Å²) in [6, 6.07) is 6.61. The van der Waals surface area contributed by atoms with Crippen molar-refractivity contribution in [2.45, 2.75) is 12.5 Å². The van der Waals surface area contributed by atoms with Gasteiger partial charge < -0.3 is 15.5 Å². The Labute approximate surface area is 88.6 Å². The van der Waals surface area contributed by atoms with Gasteiger partial charge in [0.25, 0.3) is 0 Å². The maximum atomic E-state index is 13.1. The molecule has 0 saturated heterocycles. The third-order valence-corrected chi connectivity index (χ3v) is 2.12. The van der Waals surface area contributed by atoms with E-state index in [1.54, 1.807) is 18.2 Å². The minimum Gasteiger partial charge on any atom is -0.394 e. The zero-order valence-electron chi connectivity index (χ0n) is 8.49. The van der Waals surface area contributed by atoms with E-state index in [1.165, 1.54) is 6.07 Å². The Morgan fingerprint density at radius 2 is 2.07 bits per heavy atom. The van der Waals surface area contributed by atoms with Crippen molar-refractivity contribution in [3.63, 3.8) is 0 Å². The molecule has 0 aliphatic rings. The van der Waals surface area contributed by atoms with Crippen molar-refractivity contribution in [2.75, 3.05) is 19.7 Å². The van der Waals surface area contributed by atoms with Crippen molar-refractivity contribution < 1.29 is 14.6 Å². The van der Waals surface area contributed by atoms with Crippen molar-refractivity contribution in [3.05, 3.63) is 35.6 Å². The van der Waals surface area contributed by atoms with Gasteiger partial charge in [-0.05, 0) is 24.6 Å². The maximum Gasteiger partial charge on any atom is 0.126 e. The molecule has 1 atom stereocenters. The van der Waals surface area contributed by atoms with Crippen LogP contribution in [0.2, 0.25) is 0 Å². The number of halogens is 1. The first-order valence-corrected chi connectivity index (χ1v) is 4.97. The standard InChI is InChI=1S/C11H16FNO2/c12-11-4-2-1-3-9(11)5-6-13-7-10(15)8-14/h1-4,10,13-15H,5-8H2/t10-/m0/s1. The summed E-state index contributed by atoms with van der Waals surface area (Å²) in [7, 11) is 0. The van der Waals surface area contributed by atoms with Crippen LogP contribution in [-0.2, 0) is 6.42 Å². The maximum absolute atomic E-state index is 13.1. The summed E-state index contributed by atoms with van der Waals surface area (Å²) in [4.78, 5) is 0. The molecular weight excluding hydrogens is 197 g/mol. The fourth-order valence-corrected chi connectivity index (χ4v) is 1.26. The molecule has 0 saturated carbocycles. The Bertz CT molecular complexity index is 294. The molecule has 4 heteroatoms. The quantitative estimate of drug-likeness (QED) is 0.596. The molecule has 0 unspecified atom stereocenters. The van der Waals surface area contributed by atoms with Crippen LogP contribution in [0.1, 0.15) is 5.56 Å². The molecule has 0 bridgehead atoms. The number of rotatable bonds is 6. The second-order valence-corrected chi connectivity index (χ2v) is 3.38. The fourth-order valence-electron chi connectivity index (χ4n) is 1.26. The normalized spacial score (nSPS) is 12.7. The smallest absolute Gasteiger partial charge is 0.126 e. The fraction of sp³-hybridized carbons (Fsp3) is 0.455. The Morgan fingerprint density at radius 3 is 2.73 bits per heavy atom. The number of hydrogen-bond acceptors (Lipinski definition) is 3. The molecule has 84 valence electrons. The largest absolute Gasteiger partial charge is 0.394 e. The average Bonchev–Trinajstić information content (AvgIpc) is 2.26. The van der Waals surface area contributed by atoms with E-state index in [0.29, 0.717) is 25.1 Å². The summed E-state index contributed by atoms with van der Waals surface area (Å²) in [5, 5.41) is 20.5. The second-order valence-electron chi connectivity index (χ2n) is 3.38. The minimum absolute atomic E-state index is 0.206.